The molecule has 1 aromatic heterocycles. The number of halogens is 1. The van der Waals surface area contributed by atoms with E-state index >= 15 is 0 Å². The molecule has 1 aromatic carbocycles. The zero-order chi connectivity index (χ0) is 18.9. The van der Waals surface area contributed by atoms with Crippen molar-refractivity contribution < 1.29 is 9.59 Å². The molecule has 1 heterocycles. The molecule has 0 bridgehead atoms. The van der Waals surface area contributed by atoms with Gasteiger partial charge in [-0.1, -0.05) is 43.3 Å². The molecule has 0 N–H and O–H groups in total. The lowest BCUT2D eigenvalue weighted by Gasteiger charge is -2.31. The number of carbonyl (C=O) groups excluding carboxylic acids is 2. The van der Waals surface area contributed by atoms with Gasteiger partial charge in [-0.05, 0) is 30.4 Å². The van der Waals surface area contributed by atoms with Gasteiger partial charge < -0.3 is 9.80 Å². The molecular formula is C20H25ClN2O2S. The van der Waals surface area contributed by atoms with Crippen LogP contribution in [0, 0.1) is 0 Å². The number of benzene rings is 1. The quantitative estimate of drug-likeness (QED) is 0.601. The van der Waals surface area contributed by atoms with Crippen LogP contribution in [0.4, 0.5) is 0 Å². The van der Waals surface area contributed by atoms with Crippen molar-refractivity contribution in [3.05, 3.63) is 58.3 Å². The van der Waals surface area contributed by atoms with Crippen molar-refractivity contribution in [2.24, 2.45) is 0 Å². The summed E-state index contributed by atoms with van der Waals surface area (Å²) in [6, 6.07) is 13.9. The molecule has 0 radical (unpaired) electrons. The van der Waals surface area contributed by atoms with Crippen LogP contribution in [0.2, 0.25) is 0 Å². The van der Waals surface area contributed by atoms with E-state index in [0.29, 0.717) is 13.1 Å². The summed E-state index contributed by atoms with van der Waals surface area (Å²) in [6.07, 6.45) is 0.777. The van der Waals surface area contributed by atoms with Gasteiger partial charge in [-0.3, -0.25) is 9.59 Å². The monoisotopic (exact) mass is 392 g/mol. The smallest absolute Gasteiger partial charge is 0.242 e. The third-order valence-corrected chi connectivity index (χ3v) is 5.45. The van der Waals surface area contributed by atoms with Crippen molar-refractivity contribution >= 4 is 34.8 Å². The van der Waals surface area contributed by atoms with Gasteiger partial charge in [0.25, 0.3) is 0 Å². The topological polar surface area (TPSA) is 40.6 Å². The standard InChI is InChI=1S/C20H25ClN2O2S/c1-3-16(2)23(19(24)12-21)15-20(25)22(14-18-10-7-11-26-18)13-17-8-5-4-6-9-17/h4-11,16H,3,12-15H2,1-2H3/t16-/m0/s1. The number of thiophene rings is 1. The molecule has 0 saturated heterocycles. The average molecular weight is 393 g/mol. The molecular weight excluding hydrogens is 368 g/mol. The van der Waals surface area contributed by atoms with Gasteiger partial charge >= 0.3 is 0 Å². The Morgan fingerprint density at radius 1 is 1.08 bits per heavy atom. The highest BCUT2D eigenvalue weighted by molar-refractivity contribution is 7.09. The van der Waals surface area contributed by atoms with Crippen LogP contribution in [0.25, 0.3) is 0 Å². The molecule has 2 amide bonds. The van der Waals surface area contributed by atoms with Gasteiger partial charge in [0.2, 0.25) is 11.8 Å². The summed E-state index contributed by atoms with van der Waals surface area (Å²) in [5.41, 5.74) is 1.07. The summed E-state index contributed by atoms with van der Waals surface area (Å²) in [5.74, 6) is -0.382. The zero-order valence-electron chi connectivity index (χ0n) is 15.2. The normalized spacial score (nSPS) is 11.8. The predicted octanol–water partition coefficient (Wildman–Crippen LogP) is 4.14. The fraction of sp³-hybridized carbons (Fsp3) is 0.400. The number of hydrogen-bond donors (Lipinski definition) is 0. The van der Waals surface area contributed by atoms with Gasteiger partial charge in [0.15, 0.2) is 0 Å². The molecule has 26 heavy (non-hydrogen) atoms. The maximum absolute atomic E-state index is 13.0. The van der Waals surface area contributed by atoms with Crippen molar-refractivity contribution in [3.63, 3.8) is 0 Å². The maximum atomic E-state index is 13.0. The van der Waals surface area contributed by atoms with Crippen LogP contribution < -0.4 is 0 Å². The molecule has 2 rings (SSSR count). The van der Waals surface area contributed by atoms with Crippen LogP contribution in [0.5, 0.6) is 0 Å². The molecule has 6 heteroatoms. The van der Waals surface area contributed by atoms with Crippen molar-refractivity contribution in [1.29, 1.82) is 0 Å². The minimum atomic E-state index is -0.204. The summed E-state index contributed by atoms with van der Waals surface area (Å²) < 4.78 is 0. The first-order valence-electron chi connectivity index (χ1n) is 8.74. The summed E-state index contributed by atoms with van der Waals surface area (Å²) in [7, 11) is 0. The maximum Gasteiger partial charge on any atom is 0.242 e. The first-order valence-corrected chi connectivity index (χ1v) is 10.2. The highest BCUT2D eigenvalue weighted by atomic mass is 35.5. The predicted molar refractivity (Wildman–Crippen MR) is 107 cm³/mol. The molecule has 1 atom stereocenters. The van der Waals surface area contributed by atoms with Gasteiger partial charge in [0, 0.05) is 17.5 Å². The van der Waals surface area contributed by atoms with Crippen LogP contribution in [0.15, 0.2) is 47.8 Å². The van der Waals surface area contributed by atoms with E-state index in [2.05, 4.69) is 0 Å². The Morgan fingerprint density at radius 3 is 2.38 bits per heavy atom. The molecule has 140 valence electrons. The second-order valence-corrected chi connectivity index (χ2v) is 7.53. The fourth-order valence-electron chi connectivity index (χ4n) is 2.66. The van der Waals surface area contributed by atoms with Gasteiger partial charge in [-0.15, -0.1) is 22.9 Å². The van der Waals surface area contributed by atoms with Crippen LogP contribution in [0.3, 0.4) is 0 Å². The van der Waals surface area contributed by atoms with Crippen LogP contribution in [0.1, 0.15) is 30.7 Å². The van der Waals surface area contributed by atoms with Crippen LogP contribution in [-0.4, -0.2) is 40.1 Å². The Labute approximate surface area is 164 Å². The van der Waals surface area contributed by atoms with Gasteiger partial charge in [-0.25, -0.2) is 0 Å². The number of alkyl halides is 1. The Morgan fingerprint density at radius 2 is 1.81 bits per heavy atom. The SMILES string of the molecule is CC[C@H](C)N(CC(=O)N(Cc1ccccc1)Cc1cccs1)C(=O)CCl. The zero-order valence-corrected chi connectivity index (χ0v) is 16.8. The Kier molecular flexibility index (Phi) is 8.13. The molecule has 4 nitrogen and oxygen atoms in total. The summed E-state index contributed by atoms with van der Waals surface area (Å²) >= 11 is 7.37. The number of amides is 2. The summed E-state index contributed by atoms with van der Waals surface area (Å²) in [5, 5.41) is 2.00. The molecule has 0 unspecified atom stereocenters. The van der Waals surface area contributed by atoms with E-state index in [0.717, 1.165) is 16.9 Å². The lowest BCUT2D eigenvalue weighted by atomic mass is 10.2. The average Bonchev–Trinajstić information content (AvgIpc) is 3.18. The summed E-state index contributed by atoms with van der Waals surface area (Å²) in [6.45, 7) is 5.05. The van der Waals surface area contributed by atoms with E-state index in [1.54, 1.807) is 21.1 Å². The van der Waals surface area contributed by atoms with E-state index in [4.69, 9.17) is 11.6 Å². The highest BCUT2D eigenvalue weighted by Gasteiger charge is 2.24. The van der Waals surface area contributed by atoms with E-state index in [1.165, 1.54) is 0 Å². The third-order valence-electron chi connectivity index (χ3n) is 4.36. The minimum Gasteiger partial charge on any atom is -0.332 e. The van der Waals surface area contributed by atoms with Gasteiger partial charge in [0.05, 0.1) is 6.54 Å². The Hall–Kier alpha value is -1.85. The van der Waals surface area contributed by atoms with E-state index < -0.39 is 0 Å². The van der Waals surface area contributed by atoms with E-state index in [9.17, 15) is 9.59 Å². The lowest BCUT2D eigenvalue weighted by Crippen LogP contribution is -2.46. The minimum absolute atomic E-state index is 0.0227. The molecule has 0 aliphatic heterocycles. The second kappa shape index (κ2) is 10.3. The third kappa shape index (κ3) is 5.85. The van der Waals surface area contributed by atoms with Crippen molar-refractivity contribution in [3.8, 4) is 0 Å². The highest BCUT2D eigenvalue weighted by Crippen LogP contribution is 2.16. The van der Waals surface area contributed by atoms with Crippen molar-refractivity contribution in [2.45, 2.75) is 39.4 Å². The number of rotatable bonds is 9. The first-order chi connectivity index (χ1) is 12.5. The Bertz CT molecular complexity index is 691. The van der Waals surface area contributed by atoms with E-state index in [-0.39, 0.29) is 30.3 Å². The van der Waals surface area contributed by atoms with E-state index in [1.807, 2.05) is 61.7 Å². The number of carbonyl (C=O) groups is 2. The molecule has 2 aromatic rings. The fourth-order valence-corrected chi connectivity index (χ4v) is 3.53. The van der Waals surface area contributed by atoms with Crippen molar-refractivity contribution in [1.82, 2.24) is 9.80 Å². The molecule has 0 aliphatic rings. The van der Waals surface area contributed by atoms with Crippen LogP contribution in [-0.2, 0) is 22.7 Å². The van der Waals surface area contributed by atoms with Crippen molar-refractivity contribution in [2.75, 3.05) is 12.4 Å². The number of hydrogen-bond acceptors (Lipinski definition) is 3. The number of nitrogens with zero attached hydrogens (tertiary/aromatic N) is 2. The van der Waals surface area contributed by atoms with Gasteiger partial charge in [-0.2, -0.15) is 0 Å². The molecule has 0 aliphatic carbocycles. The molecule has 0 fully saturated rings. The molecule has 0 spiro atoms. The lowest BCUT2D eigenvalue weighted by molar-refractivity contribution is -0.141. The van der Waals surface area contributed by atoms with Crippen LogP contribution >= 0.6 is 22.9 Å². The van der Waals surface area contributed by atoms with Gasteiger partial charge in [0.1, 0.15) is 12.4 Å². The molecule has 0 saturated carbocycles. The largest absolute Gasteiger partial charge is 0.332 e. The first kappa shape index (κ1) is 20.5. The Balaban J connectivity index is 2.16. The summed E-state index contributed by atoms with van der Waals surface area (Å²) in [4.78, 5) is 29.7. The second-order valence-electron chi connectivity index (χ2n) is 6.23.